The molecule has 23 heavy (non-hydrogen) atoms. The van der Waals surface area contributed by atoms with E-state index in [1.807, 2.05) is 6.07 Å². The second-order valence-corrected chi connectivity index (χ2v) is 5.70. The number of hydrogen-bond acceptors (Lipinski definition) is 2. The van der Waals surface area contributed by atoms with Crippen LogP contribution in [0.3, 0.4) is 0 Å². The molecule has 2 heteroatoms. The lowest BCUT2D eigenvalue weighted by molar-refractivity contribution is 1.06. The normalized spacial score (nSPS) is 13.5. The van der Waals surface area contributed by atoms with E-state index in [2.05, 4.69) is 78.1 Å². The average molecular weight is 298 g/mol. The third-order valence-corrected chi connectivity index (χ3v) is 4.21. The van der Waals surface area contributed by atoms with Crippen molar-refractivity contribution in [3.63, 3.8) is 0 Å². The zero-order valence-corrected chi connectivity index (χ0v) is 12.9. The Kier molecular flexibility index (Phi) is 3.65. The largest absolute Gasteiger partial charge is 0.381 e. The van der Waals surface area contributed by atoms with E-state index in [1.165, 1.54) is 27.9 Å². The van der Waals surface area contributed by atoms with Crippen molar-refractivity contribution in [1.82, 2.24) is 0 Å². The Balaban J connectivity index is 1.89. The quantitative estimate of drug-likeness (QED) is 0.695. The Bertz CT molecular complexity index is 850. The lowest BCUT2D eigenvalue weighted by Gasteiger charge is -2.12. The topological polar surface area (TPSA) is 24.4 Å². The van der Waals surface area contributed by atoms with E-state index in [4.69, 9.17) is 4.99 Å². The molecular weight excluding hydrogens is 280 g/mol. The first-order chi connectivity index (χ1) is 11.4. The second-order valence-electron chi connectivity index (χ2n) is 5.70. The molecule has 0 atom stereocenters. The van der Waals surface area contributed by atoms with Crippen molar-refractivity contribution in [3.05, 3.63) is 101 Å². The predicted octanol–water partition coefficient (Wildman–Crippen LogP) is 4.65. The molecule has 0 bridgehead atoms. The van der Waals surface area contributed by atoms with Crippen molar-refractivity contribution >= 4 is 11.4 Å². The molecule has 1 aliphatic heterocycles. The number of anilines is 1. The highest BCUT2D eigenvalue weighted by Crippen LogP contribution is 2.23. The first kappa shape index (κ1) is 13.8. The molecule has 1 N–H and O–H groups in total. The summed E-state index contributed by atoms with van der Waals surface area (Å²) in [5.41, 5.74) is 7.11. The molecule has 3 aromatic rings. The molecule has 0 amide bonds. The summed E-state index contributed by atoms with van der Waals surface area (Å²) in [6, 6.07) is 27.4. The highest BCUT2D eigenvalue weighted by atomic mass is 14.9. The summed E-state index contributed by atoms with van der Waals surface area (Å²) in [7, 11) is 0. The van der Waals surface area contributed by atoms with Gasteiger partial charge in [-0.3, -0.25) is 4.99 Å². The van der Waals surface area contributed by atoms with Gasteiger partial charge in [0.1, 0.15) is 0 Å². The van der Waals surface area contributed by atoms with Crippen LogP contribution in [0.4, 0.5) is 5.69 Å². The minimum Gasteiger partial charge on any atom is -0.381 e. The van der Waals surface area contributed by atoms with Crippen LogP contribution in [0.2, 0.25) is 0 Å². The van der Waals surface area contributed by atoms with Crippen LogP contribution < -0.4 is 5.32 Å². The van der Waals surface area contributed by atoms with Crippen molar-refractivity contribution < 1.29 is 0 Å². The molecule has 0 fully saturated rings. The number of hydrogen-bond donors (Lipinski definition) is 1. The first-order valence-electron chi connectivity index (χ1n) is 7.92. The summed E-state index contributed by atoms with van der Waals surface area (Å²) < 4.78 is 0. The van der Waals surface area contributed by atoms with Crippen LogP contribution in [0, 0.1) is 0 Å². The SMILES string of the molecule is c1ccc(C2=NCc3ccccc3NCc3ccccc32)cc1. The lowest BCUT2D eigenvalue weighted by atomic mass is 9.97. The summed E-state index contributed by atoms with van der Waals surface area (Å²) in [5, 5.41) is 3.56. The highest BCUT2D eigenvalue weighted by molar-refractivity contribution is 6.13. The average Bonchev–Trinajstić information content (AvgIpc) is 2.70. The molecule has 1 aliphatic rings. The van der Waals surface area contributed by atoms with E-state index in [0.717, 1.165) is 12.3 Å². The number of fused-ring (bicyclic) bond motifs is 2. The summed E-state index contributed by atoms with van der Waals surface area (Å²) in [5.74, 6) is 0. The zero-order chi connectivity index (χ0) is 15.5. The number of nitrogens with one attached hydrogen (secondary N) is 1. The number of rotatable bonds is 1. The maximum atomic E-state index is 4.97. The molecule has 0 aromatic heterocycles. The fourth-order valence-electron chi connectivity index (χ4n) is 3.02. The number of para-hydroxylation sites is 1. The van der Waals surface area contributed by atoms with Gasteiger partial charge in [-0.25, -0.2) is 0 Å². The molecule has 0 radical (unpaired) electrons. The smallest absolute Gasteiger partial charge is 0.0726 e. The highest BCUT2D eigenvalue weighted by Gasteiger charge is 2.14. The fourth-order valence-corrected chi connectivity index (χ4v) is 3.02. The van der Waals surface area contributed by atoms with Gasteiger partial charge in [-0.05, 0) is 17.2 Å². The van der Waals surface area contributed by atoms with Crippen molar-refractivity contribution in [1.29, 1.82) is 0 Å². The zero-order valence-electron chi connectivity index (χ0n) is 12.9. The Morgan fingerprint density at radius 3 is 2.26 bits per heavy atom. The van der Waals surface area contributed by atoms with Gasteiger partial charge in [0.2, 0.25) is 0 Å². The summed E-state index contributed by atoms with van der Waals surface area (Å²) >= 11 is 0. The molecule has 0 aliphatic carbocycles. The molecule has 0 saturated heterocycles. The van der Waals surface area contributed by atoms with Gasteiger partial charge < -0.3 is 5.32 Å². The van der Waals surface area contributed by atoms with Crippen LogP contribution >= 0.6 is 0 Å². The molecule has 112 valence electrons. The summed E-state index contributed by atoms with van der Waals surface area (Å²) in [6.45, 7) is 1.49. The van der Waals surface area contributed by atoms with Gasteiger partial charge >= 0.3 is 0 Å². The van der Waals surface area contributed by atoms with Crippen molar-refractivity contribution in [2.75, 3.05) is 5.32 Å². The Morgan fingerprint density at radius 1 is 0.696 bits per heavy atom. The standard InChI is InChI=1S/C21H18N2/c1-2-8-16(9-3-1)21-19-12-6-4-10-17(19)14-22-20-13-7-5-11-18(20)15-23-21/h1-13,22H,14-15H2. The third kappa shape index (κ3) is 2.76. The van der Waals surface area contributed by atoms with Crippen LogP contribution in [-0.2, 0) is 13.1 Å². The molecule has 4 rings (SSSR count). The minimum absolute atomic E-state index is 0.682. The number of benzene rings is 3. The summed E-state index contributed by atoms with van der Waals surface area (Å²) in [4.78, 5) is 4.97. The maximum absolute atomic E-state index is 4.97. The molecular formula is C21H18N2. The summed E-state index contributed by atoms with van der Waals surface area (Å²) in [6.07, 6.45) is 0. The van der Waals surface area contributed by atoms with Gasteiger partial charge in [-0.1, -0.05) is 72.8 Å². The van der Waals surface area contributed by atoms with Gasteiger partial charge in [0.25, 0.3) is 0 Å². The molecule has 0 unspecified atom stereocenters. The Hall–Kier alpha value is -2.87. The third-order valence-electron chi connectivity index (χ3n) is 4.21. The van der Waals surface area contributed by atoms with Gasteiger partial charge in [0.05, 0.1) is 12.3 Å². The lowest BCUT2D eigenvalue weighted by Crippen LogP contribution is -2.09. The second kappa shape index (κ2) is 6.09. The van der Waals surface area contributed by atoms with Gasteiger partial charge in [0.15, 0.2) is 0 Å². The van der Waals surface area contributed by atoms with E-state index < -0.39 is 0 Å². The van der Waals surface area contributed by atoms with Crippen molar-refractivity contribution in [2.45, 2.75) is 13.1 Å². The number of nitrogens with zero attached hydrogens (tertiary/aromatic N) is 1. The van der Waals surface area contributed by atoms with Gasteiger partial charge in [-0.2, -0.15) is 0 Å². The monoisotopic (exact) mass is 298 g/mol. The Morgan fingerprint density at radius 2 is 1.39 bits per heavy atom. The number of aliphatic imine (C=N–C) groups is 1. The van der Waals surface area contributed by atoms with E-state index in [0.29, 0.717) is 6.54 Å². The van der Waals surface area contributed by atoms with Crippen molar-refractivity contribution in [2.24, 2.45) is 4.99 Å². The van der Waals surface area contributed by atoms with Crippen LogP contribution in [-0.4, -0.2) is 5.71 Å². The van der Waals surface area contributed by atoms with Crippen molar-refractivity contribution in [3.8, 4) is 0 Å². The molecule has 0 spiro atoms. The van der Waals surface area contributed by atoms with Gasteiger partial charge in [0, 0.05) is 23.4 Å². The van der Waals surface area contributed by atoms with Crippen LogP contribution in [0.25, 0.3) is 0 Å². The molecule has 1 heterocycles. The molecule has 3 aromatic carbocycles. The predicted molar refractivity (Wildman–Crippen MR) is 96.0 cm³/mol. The van der Waals surface area contributed by atoms with Gasteiger partial charge in [-0.15, -0.1) is 0 Å². The first-order valence-corrected chi connectivity index (χ1v) is 7.92. The van der Waals surface area contributed by atoms with E-state index in [9.17, 15) is 0 Å². The van der Waals surface area contributed by atoms with Crippen LogP contribution in [0.1, 0.15) is 22.3 Å². The molecule has 2 nitrogen and oxygen atoms in total. The van der Waals surface area contributed by atoms with E-state index >= 15 is 0 Å². The van der Waals surface area contributed by atoms with Crippen LogP contribution in [0.5, 0.6) is 0 Å². The van der Waals surface area contributed by atoms with Crippen LogP contribution in [0.15, 0.2) is 83.9 Å². The van der Waals surface area contributed by atoms with E-state index in [1.54, 1.807) is 0 Å². The minimum atomic E-state index is 0.682. The molecule has 0 saturated carbocycles. The Labute approximate surface area is 136 Å². The van der Waals surface area contributed by atoms with E-state index in [-0.39, 0.29) is 0 Å². The fraction of sp³-hybridized carbons (Fsp3) is 0.0952. The maximum Gasteiger partial charge on any atom is 0.0726 e.